The molecule has 1 N–H and O–H groups in total. The maximum Gasteiger partial charge on any atom is 0.296 e. The Labute approximate surface area is 205 Å². The Morgan fingerprint density at radius 3 is 2.37 bits per heavy atom. The maximum atomic E-state index is 13.3. The van der Waals surface area contributed by atoms with Gasteiger partial charge in [0.1, 0.15) is 11.4 Å². The highest BCUT2D eigenvalue weighted by Crippen LogP contribution is 2.27. The summed E-state index contributed by atoms with van der Waals surface area (Å²) in [4.78, 5) is 28.0. The normalized spacial score (nSPS) is 14.7. The van der Waals surface area contributed by atoms with E-state index in [-0.39, 0.29) is 22.1 Å². The van der Waals surface area contributed by atoms with Crippen molar-refractivity contribution in [2.45, 2.75) is 31.6 Å². The molecule has 0 unspecified atom stereocenters. The minimum Gasteiger partial charge on any atom is -0.496 e. The number of nitrogens with one attached hydrogen (secondary N) is 1. The first-order chi connectivity index (χ1) is 16.6. The van der Waals surface area contributed by atoms with Crippen molar-refractivity contribution < 1.29 is 17.9 Å². The first kappa shape index (κ1) is 24.6. The van der Waals surface area contributed by atoms with Crippen LogP contribution in [0.5, 0.6) is 5.75 Å². The summed E-state index contributed by atoms with van der Waals surface area (Å²) in [7, 11) is -1.04. The van der Waals surface area contributed by atoms with Gasteiger partial charge in [-0.2, -0.15) is 0 Å². The van der Waals surface area contributed by atoms with E-state index in [1.165, 1.54) is 30.0 Å². The molecule has 0 aliphatic carbocycles. The van der Waals surface area contributed by atoms with Crippen molar-refractivity contribution in [3.8, 4) is 11.4 Å². The SMILES string of the molecule is COc1ccc(S(=O)(=O)Nc2c(C)n(C)n(-c3ccccc3)c2=O)cc1C(=O)N1CCC(C)CC1. The number of rotatable bonds is 6. The minimum absolute atomic E-state index is 0.0509. The fourth-order valence-electron chi connectivity index (χ4n) is 4.28. The molecular weight excluding hydrogens is 468 g/mol. The zero-order valence-electron chi connectivity index (χ0n) is 20.3. The van der Waals surface area contributed by atoms with Gasteiger partial charge in [0.05, 0.1) is 29.0 Å². The van der Waals surface area contributed by atoms with Gasteiger partial charge in [0.2, 0.25) is 0 Å². The molecule has 0 saturated carbocycles. The number of carbonyl (C=O) groups is 1. The van der Waals surface area contributed by atoms with Gasteiger partial charge in [0.25, 0.3) is 21.5 Å². The lowest BCUT2D eigenvalue weighted by molar-refractivity contribution is 0.0693. The smallest absolute Gasteiger partial charge is 0.296 e. The van der Waals surface area contributed by atoms with E-state index in [0.717, 1.165) is 12.8 Å². The third-order valence-electron chi connectivity index (χ3n) is 6.57. The van der Waals surface area contributed by atoms with E-state index in [0.29, 0.717) is 36.1 Å². The zero-order valence-corrected chi connectivity index (χ0v) is 21.1. The summed E-state index contributed by atoms with van der Waals surface area (Å²) in [6.45, 7) is 5.04. The van der Waals surface area contributed by atoms with Crippen molar-refractivity contribution >= 4 is 21.6 Å². The first-order valence-electron chi connectivity index (χ1n) is 11.5. The number of hydrogen-bond acceptors (Lipinski definition) is 5. The Balaban J connectivity index is 1.69. The van der Waals surface area contributed by atoms with Gasteiger partial charge in [0.15, 0.2) is 0 Å². The van der Waals surface area contributed by atoms with E-state index < -0.39 is 15.6 Å². The van der Waals surface area contributed by atoms with Crippen LogP contribution >= 0.6 is 0 Å². The van der Waals surface area contributed by atoms with Crippen LogP contribution in [0.3, 0.4) is 0 Å². The number of benzene rings is 2. The van der Waals surface area contributed by atoms with Crippen LogP contribution in [0.1, 0.15) is 35.8 Å². The number of ether oxygens (including phenoxy) is 1. The second-order valence-corrected chi connectivity index (χ2v) is 10.6. The summed E-state index contributed by atoms with van der Waals surface area (Å²) in [5.74, 6) is 0.578. The van der Waals surface area contributed by atoms with Crippen LogP contribution in [0.15, 0.2) is 58.2 Å². The highest BCUT2D eigenvalue weighted by molar-refractivity contribution is 7.92. The number of methoxy groups -OCH3 is 1. The summed E-state index contributed by atoms with van der Waals surface area (Å²) in [5.41, 5.74) is 0.699. The largest absolute Gasteiger partial charge is 0.496 e. The Hall–Kier alpha value is -3.53. The lowest BCUT2D eigenvalue weighted by atomic mass is 9.98. The van der Waals surface area contributed by atoms with Gasteiger partial charge in [-0.1, -0.05) is 25.1 Å². The van der Waals surface area contributed by atoms with E-state index in [1.54, 1.807) is 47.8 Å². The summed E-state index contributed by atoms with van der Waals surface area (Å²) < 4.78 is 37.4. The molecule has 0 bridgehead atoms. The number of carbonyl (C=O) groups excluding carboxylic acids is 1. The Bertz CT molecular complexity index is 1400. The maximum absolute atomic E-state index is 13.3. The van der Waals surface area contributed by atoms with Crippen molar-refractivity contribution in [1.82, 2.24) is 14.3 Å². The number of likely N-dealkylation sites (tertiary alicyclic amines) is 1. The van der Waals surface area contributed by atoms with Crippen LogP contribution < -0.4 is 15.0 Å². The minimum atomic E-state index is -4.17. The van der Waals surface area contributed by atoms with Crippen LogP contribution in [-0.4, -0.2) is 48.8 Å². The molecule has 35 heavy (non-hydrogen) atoms. The fourth-order valence-corrected chi connectivity index (χ4v) is 5.42. The van der Waals surface area contributed by atoms with Gasteiger partial charge >= 0.3 is 0 Å². The number of hydrogen-bond donors (Lipinski definition) is 1. The van der Waals surface area contributed by atoms with E-state index in [1.807, 2.05) is 6.07 Å². The number of sulfonamides is 1. The van der Waals surface area contributed by atoms with Crippen molar-refractivity contribution in [3.63, 3.8) is 0 Å². The summed E-state index contributed by atoms with van der Waals surface area (Å²) >= 11 is 0. The standard InChI is InChI=1S/C25H30N4O5S/c1-17-12-14-28(15-13-17)24(30)21-16-20(10-11-22(21)34-4)35(32,33)26-23-18(2)27(3)29(25(23)31)19-8-6-5-7-9-19/h5-11,16-17,26H,12-15H2,1-4H3. The Morgan fingerprint density at radius 2 is 1.74 bits per heavy atom. The Morgan fingerprint density at radius 1 is 1.09 bits per heavy atom. The molecule has 1 aliphatic rings. The van der Waals surface area contributed by atoms with E-state index >= 15 is 0 Å². The molecule has 1 saturated heterocycles. The number of nitrogens with zero attached hydrogens (tertiary/aromatic N) is 3. The van der Waals surface area contributed by atoms with E-state index in [4.69, 9.17) is 4.74 Å². The average molecular weight is 499 g/mol. The van der Waals surface area contributed by atoms with Crippen molar-refractivity contribution in [2.75, 3.05) is 24.9 Å². The number of piperidine rings is 1. The lowest BCUT2D eigenvalue weighted by Crippen LogP contribution is -2.38. The predicted molar refractivity (Wildman–Crippen MR) is 134 cm³/mol. The molecule has 2 heterocycles. The van der Waals surface area contributed by atoms with Crippen molar-refractivity contribution in [2.24, 2.45) is 13.0 Å². The average Bonchev–Trinajstić information content (AvgIpc) is 3.06. The quantitative estimate of drug-likeness (QED) is 0.562. The summed E-state index contributed by atoms with van der Waals surface area (Å²) in [6.07, 6.45) is 1.79. The molecule has 1 amide bonds. The highest BCUT2D eigenvalue weighted by Gasteiger charge is 2.27. The van der Waals surface area contributed by atoms with Crippen LogP contribution in [-0.2, 0) is 17.1 Å². The highest BCUT2D eigenvalue weighted by atomic mass is 32.2. The molecule has 1 aromatic heterocycles. The molecule has 186 valence electrons. The molecule has 2 aromatic carbocycles. The molecule has 3 aromatic rings. The van der Waals surface area contributed by atoms with Crippen LogP contribution in [0.2, 0.25) is 0 Å². The zero-order chi connectivity index (χ0) is 25.3. The second kappa shape index (κ2) is 9.61. The van der Waals surface area contributed by atoms with Gasteiger partial charge in [-0.15, -0.1) is 0 Å². The van der Waals surface area contributed by atoms with E-state index in [9.17, 15) is 18.0 Å². The fraction of sp³-hybridized carbons (Fsp3) is 0.360. The number of amides is 1. The number of aromatic nitrogens is 2. The third kappa shape index (κ3) is 4.70. The number of para-hydroxylation sites is 1. The molecule has 0 atom stereocenters. The van der Waals surface area contributed by atoms with Crippen molar-refractivity contribution in [1.29, 1.82) is 0 Å². The third-order valence-corrected chi connectivity index (χ3v) is 7.92. The molecule has 9 nitrogen and oxygen atoms in total. The van der Waals surface area contributed by atoms with Gasteiger partial charge in [-0.25, -0.2) is 13.1 Å². The van der Waals surface area contributed by atoms with Crippen molar-refractivity contribution in [3.05, 3.63) is 70.1 Å². The molecule has 4 rings (SSSR count). The van der Waals surface area contributed by atoms with Crippen LogP contribution in [0.25, 0.3) is 5.69 Å². The molecular formula is C25H30N4O5S. The van der Waals surface area contributed by atoms with Crippen LogP contribution in [0.4, 0.5) is 5.69 Å². The van der Waals surface area contributed by atoms with Gasteiger partial charge in [-0.05, 0) is 56.0 Å². The summed E-state index contributed by atoms with van der Waals surface area (Å²) in [5, 5.41) is 0. The molecule has 1 aliphatic heterocycles. The van der Waals surface area contributed by atoms with E-state index in [2.05, 4.69) is 11.6 Å². The number of anilines is 1. The van der Waals surface area contributed by atoms with Gasteiger partial charge in [-0.3, -0.25) is 19.0 Å². The molecule has 0 radical (unpaired) electrons. The topological polar surface area (TPSA) is 103 Å². The molecule has 0 spiro atoms. The van der Waals surface area contributed by atoms with Gasteiger partial charge < -0.3 is 9.64 Å². The predicted octanol–water partition coefficient (Wildman–Crippen LogP) is 3.17. The Kier molecular flexibility index (Phi) is 6.75. The lowest BCUT2D eigenvalue weighted by Gasteiger charge is -2.30. The van der Waals surface area contributed by atoms with Crippen LogP contribution in [0, 0.1) is 12.8 Å². The monoisotopic (exact) mass is 498 g/mol. The first-order valence-corrected chi connectivity index (χ1v) is 13.0. The molecule has 1 fully saturated rings. The molecule has 10 heteroatoms. The summed E-state index contributed by atoms with van der Waals surface area (Å²) in [6, 6.07) is 13.1. The second-order valence-electron chi connectivity index (χ2n) is 8.88. The van der Waals surface area contributed by atoms with Gasteiger partial charge in [0, 0.05) is 20.1 Å².